The molecule has 0 amide bonds. The van der Waals surface area contributed by atoms with Gasteiger partial charge in [0.15, 0.2) is 5.96 Å². The second-order valence-electron chi connectivity index (χ2n) is 7.14. The van der Waals surface area contributed by atoms with Crippen molar-refractivity contribution in [3.05, 3.63) is 59.5 Å². The molecule has 2 N–H and O–H groups in total. The molecule has 0 unspecified atom stereocenters. The first-order valence-corrected chi connectivity index (χ1v) is 10.3. The van der Waals surface area contributed by atoms with E-state index in [0.717, 1.165) is 44.1 Å². The molecule has 2 aromatic rings. The van der Waals surface area contributed by atoms with Crippen LogP contribution in [0, 0.1) is 5.82 Å². The summed E-state index contributed by atoms with van der Waals surface area (Å²) >= 11 is 0. The number of anilines is 1. The van der Waals surface area contributed by atoms with Crippen LogP contribution in [-0.2, 0) is 13.0 Å². The SMILES string of the molecule is CCN1CCN(c2ccc(CNC(=NC)NCCc3ccccc3F)cn2)CC1.I. The lowest BCUT2D eigenvalue weighted by Crippen LogP contribution is -2.46. The number of halogens is 2. The third kappa shape index (κ3) is 7.09. The molecule has 6 nitrogen and oxygen atoms in total. The van der Waals surface area contributed by atoms with Crippen LogP contribution in [0.15, 0.2) is 47.6 Å². The van der Waals surface area contributed by atoms with Crippen LogP contribution in [0.25, 0.3) is 0 Å². The Morgan fingerprint density at radius 2 is 1.87 bits per heavy atom. The van der Waals surface area contributed by atoms with Gasteiger partial charge in [-0.3, -0.25) is 4.99 Å². The summed E-state index contributed by atoms with van der Waals surface area (Å²) < 4.78 is 13.7. The number of aromatic nitrogens is 1. The predicted octanol–water partition coefficient (Wildman–Crippen LogP) is 2.89. The van der Waals surface area contributed by atoms with Gasteiger partial charge in [0.25, 0.3) is 0 Å². The molecule has 0 spiro atoms. The number of benzene rings is 1. The normalized spacial score (nSPS) is 14.9. The van der Waals surface area contributed by atoms with Crippen LogP contribution in [0.3, 0.4) is 0 Å². The van der Waals surface area contributed by atoms with Gasteiger partial charge in [-0.1, -0.05) is 31.2 Å². The van der Waals surface area contributed by atoms with E-state index in [1.807, 2.05) is 18.3 Å². The van der Waals surface area contributed by atoms with Gasteiger partial charge >= 0.3 is 0 Å². The first-order chi connectivity index (χ1) is 14.2. The molecule has 0 bridgehead atoms. The van der Waals surface area contributed by atoms with Gasteiger partial charge in [0.05, 0.1) is 0 Å². The zero-order chi connectivity index (χ0) is 20.5. The van der Waals surface area contributed by atoms with Gasteiger partial charge in [-0.05, 0) is 36.2 Å². The van der Waals surface area contributed by atoms with Crippen LogP contribution in [0.5, 0.6) is 0 Å². The smallest absolute Gasteiger partial charge is 0.191 e. The molecule has 2 heterocycles. The Morgan fingerprint density at radius 1 is 1.10 bits per heavy atom. The van der Waals surface area contributed by atoms with E-state index >= 15 is 0 Å². The lowest BCUT2D eigenvalue weighted by molar-refractivity contribution is 0.270. The molecule has 3 rings (SSSR count). The van der Waals surface area contributed by atoms with Crippen molar-refractivity contribution >= 4 is 35.8 Å². The second kappa shape index (κ2) is 12.7. The molecule has 1 saturated heterocycles. The van der Waals surface area contributed by atoms with E-state index in [-0.39, 0.29) is 29.8 Å². The molecular formula is C22H32FIN6. The summed E-state index contributed by atoms with van der Waals surface area (Å²) in [5.74, 6) is 1.57. The number of piperazine rings is 1. The Bertz CT molecular complexity index is 790. The number of hydrogen-bond donors (Lipinski definition) is 2. The summed E-state index contributed by atoms with van der Waals surface area (Å²) in [7, 11) is 1.73. The fourth-order valence-electron chi connectivity index (χ4n) is 3.42. The molecule has 0 atom stereocenters. The Hall–Kier alpha value is -1.94. The minimum atomic E-state index is -0.167. The average molecular weight is 526 g/mol. The topological polar surface area (TPSA) is 55.8 Å². The van der Waals surface area contributed by atoms with Crippen molar-refractivity contribution in [3.8, 4) is 0 Å². The van der Waals surface area contributed by atoms with Crippen LogP contribution in [0.2, 0.25) is 0 Å². The highest BCUT2D eigenvalue weighted by Crippen LogP contribution is 2.14. The number of hydrogen-bond acceptors (Lipinski definition) is 4. The maximum atomic E-state index is 13.7. The third-order valence-corrected chi connectivity index (χ3v) is 5.28. The highest BCUT2D eigenvalue weighted by Gasteiger charge is 2.16. The maximum Gasteiger partial charge on any atom is 0.191 e. The summed E-state index contributed by atoms with van der Waals surface area (Å²) in [6, 6.07) is 11.1. The molecule has 8 heteroatoms. The van der Waals surface area contributed by atoms with Gasteiger partial charge in [-0.15, -0.1) is 24.0 Å². The molecule has 0 saturated carbocycles. The summed E-state index contributed by atoms with van der Waals surface area (Å²) in [5.41, 5.74) is 1.80. The number of likely N-dealkylation sites (N-methyl/N-ethyl adjacent to an activating group) is 1. The predicted molar refractivity (Wildman–Crippen MR) is 132 cm³/mol. The number of nitrogens with one attached hydrogen (secondary N) is 2. The van der Waals surface area contributed by atoms with Crippen molar-refractivity contribution in [1.82, 2.24) is 20.5 Å². The van der Waals surface area contributed by atoms with Gasteiger partial charge in [-0.25, -0.2) is 9.37 Å². The fraction of sp³-hybridized carbons (Fsp3) is 0.455. The van der Waals surface area contributed by atoms with Crippen molar-refractivity contribution < 1.29 is 4.39 Å². The Labute approximate surface area is 196 Å². The number of guanidine groups is 1. The molecule has 1 aromatic carbocycles. The van der Waals surface area contributed by atoms with E-state index in [9.17, 15) is 4.39 Å². The largest absolute Gasteiger partial charge is 0.356 e. The maximum absolute atomic E-state index is 13.7. The van der Waals surface area contributed by atoms with Crippen molar-refractivity contribution in [3.63, 3.8) is 0 Å². The highest BCUT2D eigenvalue weighted by atomic mass is 127. The summed E-state index contributed by atoms with van der Waals surface area (Å²) in [5, 5.41) is 6.51. The Kier molecular flexibility index (Phi) is 10.3. The number of nitrogens with zero attached hydrogens (tertiary/aromatic N) is 4. The third-order valence-electron chi connectivity index (χ3n) is 5.28. The van der Waals surface area contributed by atoms with Crippen molar-refractivity contribution in [1.29, 1.82) is 0 Å². The average Bonchev–Trinajstić information content (AvgIpc) is 2.78. The molecule has 30 heavy (non-hydrogen) atoms. The van der Waals surface area contributed by atoms with E-state index in [2.05, 4.69) is 49.5 Å². The van der Waals surface area contributed by atoms with Crippen LogP contribution < -0.4 is 15.5 Å². The van der Waals surface area contributed by atoms with E-state index in [4.69, 9.17) is 0 Å². The van der Waals surface area contributed by atoms with E-state index in [1.165, 1.54) is 6.07 Å². The first kappa shape index (κ1) is 24.3. The highest BCUT2D eigenvalue weighted by molar-refractivity contribution is 14.0. The zero-order valence-corrected chi connectivity index (χ0v) is 20.1. The minimum Gasteiger partial charge on any atom is -0.356 e. The fourth-order valence-corrected chi connectivity index (χ4v) is 3.42. The Balaban J connectivity index is 0.00000320. The molecule has 1 aromatic heterocycles. The van der Waals surface area contributed by atoms with Gasteiger partial charge in [-0.2, -0.15) is 0 Å². The van der Waals surface area contributed by atoms with Gasteiger partial charge in [0.2, 0.25) is 0 Å². The van der Waals surface area contributed by atoms with Crippen LogP contribution in [0.4, 0.5) is 10.2 Å². The molecule has 1 aliphatic heterocycles. The standard InChI is InChI=1S/C22H31FN6.HI/c1-3-28-12-14-29(15-13-28)21-9-8-18(16-26-21)17-27-22(24-2)25-11-10-19-6-4-5-7-20(19)23;/h4-9,16H,3,10-15,17H2,1-2H3,(H2,24,25,27);1H. The van der Waals surface area contributed by atoms with E-state index in [0.29, 0.717) is 31.0 Å². The quantitative estimate of drug-likeness (QED) is 0.330. The lowest BCUT2D eigenvalue weighted by atomic mass is 10.1. The van der Waals surface area contributed by atoms with E-state index < -0.39 is 0 Å². The summed E-state index contributed by atoms with van der Waals surface area (Å²) in [6.45, 7) is 8.80. The van der Waals surface area contributed by atoms with Crippen LogP contribution in [0.1, 0.15) is 18.1 Å². The van der Waals surface area contributed by atoms with Gasteiger partial charge in [0, 0.05) is 52.5 Å². The van der Waals surface area contributed by atoms with Crippen molar-refractivity contribution in [2.75, 3.05) is 51.2 Å². The second-order valence-corrected chi connectivity index (χ2v) is 7.14. The number of pyridine rings is 1. The first-order valence-electron chi connectivity index (χ1n) is 10.3. The van der Waals surface area contributed by atoms with Crippen LogP contribution >= 0.6 is 24.0 Å². The molecule has 164 valence electrons. The zero-order valence-electron chi connectivity index (χ0n) is 17.8. The van der Waals surface area contributed by atoms with Crippen molar-refractivity contribution in [2.24, 2.45) is 4.99 Å². The molecule has 0 aliphatic carbocycles. The van der Waals surface area contributed by atoms with E-state index in [1.54, 1.807) is 13.1 Å². The summed E-state index contributed by atoms with van der Waals surface area (Å²) in [6.07, 6.45) is 2.52. The van der Waals surface area contributed by atoms with Crippen molar-refractivity contribution in [2.45, 2.75) is 19.9 Å². The monoisotopic (exact) mass is 526 g/mol. The Morgan fingerprint density at radius 3 is 2.50 bits per heavy atom. The molecule has 1 fully saturated rings. The van der Waals surface area contributed by atoms with Crippen LogP contribution in [-0.4, -0.2) is 62.2 Å². The molecule has 0 radical (unpaired) electrons. The minimum absolute atomic E-state index is 0. The van der Waals surface area contributed by atoms with Gasteiger partial charge in [0.1, 0.15) is 11.6 Å². The number of rotatable bonds is 7. The lowest BCUT2D eigenvalue weighted by Gasteiger charge is -2.34. The molecule has 1 aliphatic rings. The number of aliphatic imine (C=N–C) groups is 1. The molecular weight excluding hydrogens is 494 g/mol. The van der Waals surface area contributed by atoms with Gasteiger partial charge < -0.3 is 20.4 Å². The summed E-state index contributed by atoms with van der Waals surface area (Å²) in [4.78, 5) is 13.7.